The molecule has 1 fully saturated rings. The van der Waals surface area contributed by atoms with Crippen LogP contribution in [0.1, 0.15) is 80.5 Å². The summed E-state index contributed by atoms with van der Waals surface area (Å²) in [6.45, 7) is 1.83. The maximum Gasteiger partial charge on any atom is 0.245 e. The number of benzene rings is 4. The van der Waals surface area contributed by atoms with Crippen LogP contribution in [0.5, 0.6) is 5.75 Å². The van der Waals surface area contributed by atoms with E-state index in [-0.39, 0.29) is 63.3 Å². The highest BCUT2D eigenvalue weighted by Gasteiger charge is 2.36. The number of aliphatic hydroxyl groups is 1. The molecule has 19 heteroatoms. The van der Waals surface area contributed by atoms with Crippen LogP contribution in [0, 0.1) is 0 Å². The molecule has 3 heterocycles. The highest BCUT2D eigenvalue weighted by Crippen LogP contribution is 2.22. The minimum Gasteiger partial charge on any atom is -0.508 e. The molecule has 76 heavy (non-hydrogen) atoms. The lowest BCUT2D eigenvalue weighted by Gasteiger charge is -2.28. The van der Waals surface area contributed by atoms with Crippen molar-refractivity contribution in [2.45, 2.75) is 126 Å². The summed E-state index contributed by atoms with van der Waals surface area (Å²) in [5.74, 6) is -4.67. The maximum atomic E-state index is 15.0. The molecular formula is C57H70N10O9. The van der Waals surface area contributed by atoms with E-state index in [0.29, 0.717) is 55.2 Å². The van der Waals surface area contributed by atoms with Gasteiger partial charge in [0.1, 0.15) is 42.0 Å². The molecule has 1 aliphatic rings. The molecule has 7 amide bonds. The normalized spacial score (nSPS) is 21.9. The number of carbonyl (C=O) groups excluding carboxylic acids is 7. The van der Waals surface area contributed by atoms with Crippen molar-refractivity contribution in [3.8, 4) is 5.75 Å². The molecule has 2 aromatic heterocycles. The van der Waals surface area contributed by atoms with E-state index < -0.39 is 77.8 Å². The fourth-order valence-electron chi connectivity index (χ4n) is 9.46. The van der Waals surface area contributed by atoms with Gasteiger partial charge in [-0.05, 0) is 92.1 Å². The lowest BCUT2D eigenvalue weighted by Crippen LogP contribution is -2.61. The number of aromatic amines is 2. The number of para-hydroxylation sites is 2. The molecule has 7 rings (SSSR count). The molecule has 402 valence electrons. The van der Waals surface area contributed by atoms with E-state index in [2.05, 4.69) is 47.2 Å². The minimum atomic E-state index is -1.59. The van der Waals surface area contributed by atoms with Gasteiger partial charge in [-0.25, -0.2) is 0 Å². The third-order valence-electron chi connectivity index (χ3n) is 13.7. The van der Waals surface area contributed by atoms with Gasteiger partial charge in [0.05, 0.1) is 6.10 Å². The number of hydrogen-bond donors (Lipinski definition) is 12. The summed E-state index contributed by atoms with van der Waals surface area (Å²) in [7, 11) is 0. The molecule has 0 aliphatic carbocycles. The summed E-state index contributed by atoms with van der Waals surface area (Å²) in [4.78, 5) is 107. The van der Waals surface area contributed by atoms with Crippen LogP contribution in [0.25, 0.3) is 21.8 Å². The predicted octanol–water partition coefficient (Wildman–Crippen LogP) is 3.12. The zero-order chi connectivity index (χ0) is 54.0. The fourth-order valence-corrected chi connectivity index (χ4v) is 9.46. The summed E-state index contributed by atoms with van der Waals surface area (Å²) in [5, 5.41) is 42.3. The van der Waals surface area contributed by atoms with E-state index in [0.717, 1.165) is 27.4 Å². The van der Waals surface area contributed by atoms with Gasteiger partial charge < -0.3 is 63.1 Å². The van der Waals surface area contributed by atoms with Gasteiger partial charge in [-0.1, -0.05) is 91.7 Å². The Bertz CT molecular complexity index is 2920. The number of hydrogen-bond acceptors (Lipinski definition) is 10. The van der Waals surface area contributed by atoms with E-state index >= 15 is 4.79 Å². The molecule has 19 nitrogen and oxygen atoms in total. The van der Waals surface area contributed by atoms with Crippen molar-refractivity contribution in [1.29, 1.82) is 0 Å². The standard InChI is InChI=1S/C57H70N10O9/c1-35(68)51-57(76)66-46(30-37-23-25-40(69)26-24-37)52(71)59-28-14-3-2-7-22-50(70)62-47(29-36-15-5-4-6-16-36)54(73)64-49(32-39-34-61-44-20-11-9-18-42(39)44)56(75)65-48(31-38-33-60-43-19-10-8-17-41(38)43)55(74)63-45(53(72)67-51)21-12-13-27-58/h4-6,8-11,15-20,23-26,33-35,45-49,51,60-61,68-69H,2-3,7,12-14,21-22,27-32,58H2,1H3,(H,59,71)(H,62,70)(H,63,74)(H,64,73)(H,65,75)(H,66,76)(H,67,72)/t35-,45+,46?,47+,48?,49+,51+/m1/s1. The zero-order valence-corrected chi connectivity index (χ0v) is 42.7. The average molecular weight is 1040 g/mol. The molecule has 7 atom stereocenters. The first-order chi connectivity index (χ1) is 36.8. The minimum absolute atomic E-state index is 0.000672. The largest absolute Gasteiger partial charge is 0.508 e. The van der Waals surface area contributed by atoms with E-state index in [1.54, 1.807) is 24.5 Å². The highest BCUT2D eigenvalue weighted by atomic mass is 16.3. The highest BCUT2D eigenvalue weighted by molar-refractivity contribution is 5.98. The number of phenols is 1. The number of amides is 7. The number of H-pyrrole nitrogens is 2. The SMILES string of the molecule is C[C@@H](O)[C@@H]1NC(=O)[C@H](CCCCN)NC(=O)C(Cc2c[nH]c3ccccc23)NC(=O)[C@H](Cc2c[nH]c3ccccc23)NC(=O)[C@H](Cc2ccccc2)NC(=O)CCCCCCNC(=O)C(Cc2ccc(O)cc2)NC1=O. The van der Waals surface area contributed by atoms with Gasteiger partial charge in [0, 0.05) is 72.8 Å². The topological polar surface area (TPSA) is 302 Å². The van der Waals surface area contributed by atoms with Crippen LogP contribution in [0.15, 0.2) is 116 Å². The lowest BCUT2D eigenvalue weighted by molar-refractivity contribution is -0.136. The number of aromatic hydroxyl groups is 1. The molecule has 1 saturated heterocycles. The molecule has 2 unspecified atom stereocenters. The van der Waals surface area contributed by atoms with Crippen molar-refractivity contribution in [3.05, 3.63) is 138 Å². The first kappa shape index (κ1) is 55.7. The molecule has 0 spiro atoms. The van der Waals surface area contributed by atoms with Crippen molar-refractivity contribution in [1.82, 2.24) is 47.2 Å². The van der Waals surface area contributed by atoms with Gasteiger partial charge in [-0.15, -0.1) is 0 Å². The first-order valence-electron chi connectivity index (χ1n) is 26.1. The smallest absolute Gasteiger partial charge is 0.245 e. The number of unbranched alkanes of at least 4 members (excludes halogenated alkanes) is 1. The van der Waals surface area contributed by atoms with Crippen LogP contribution in [-0.4, -0.2) is 117 Å². The Hall–Kier alpha value is -8.03. The van der Waals surface area contributed by atoms with Gasteiger partial charge in [-0.3, -0.25) is 33.6 Å². The monoisotopic (exact) mass is 1040 g/mol. The van der Waals surface area contributed by atoms with Gasteiger partial charge in [0.25, 0.3) is 0 Å². The van der Waals surface area contributed by atoms with Crippen LogP contribution in [0.3, 0.4) is 0 Å². The Labute approximate surface area is 441 Å². The molecule has 4 aromatic carbocycles. The number of carbonyl (C=O) groups is 7. The Morgan fingerprint density at radius 1 is 0.513 bits per heavy atom. The van der Waals surface area contributed by atoms with Crippen molar-refractivity contribution in [2.24, 2.45) is 5.73 Å². The molecule has 0 bridgehead atoms. The van der Waals surface area contributed by atoms with Crippen molar-refractivity contribution >= 4 is 63.2 Å². The van der Waals surface area contributed by atoms with Crippen molar-refractivity contribution in [2.75, 3.05) is 13.1 Å². The molecule has 1 aliphatic heterocycles. The number of nitrogens with two attached hydrogens (primary N) is 1. The summed E-state index contributed by atoms with van der Waals surface area (Å²) < 4.78 is 0. The number of aromatic nitrogens is 2. The zero-order valence-electron chi connectivity index (χ0n) is 42.7. The van der Waals surface area contributed by atoms with Gasteiger partial charge in [-0.2, -0.15) is 0 Å². The maximum absolute atomic E-state index is 15.0. The van der Waals surface area contributed by atoms with Crippen molar-refractivity contribution in [3.63, 3.8) is 0 Å². The fraction of sp³-hybridized carbons (Fsp3) is 0.386. The third kappa shape index (κ3) is 15.7. The van der Waals surface area contributed by atoms with Crippen LogP contribution >= 0.6 is 0 Å². The second kappa shape index (κ2) is 27.5. The quantitative estimate of drug-likeness (QED) is 0.0751. The van der Waals surface area contributed by atoms with Gasteiger partial charge >= 0.3 is 0 Å². The Morgan fingerprint density at radius 2 is 1.00 bits per heavy atom. The molecular weight excluding hydrogens is 969 g/mol. The molecule has 0 radical (unpaired) electrons. The number of phenolic OH excluding ortho intramolecular Hbond substituents is 1. The van der Waals surface area contributed by atoms with E-state index in [1.165, 1.54) is 19.1 Å². The summed E-state index contributed by atoms with van der Waals surface area (Å²) in [5.41, 5.74) is 10.2. The summed E-state index contributed by atoms with van der Waals surface area (Å²) in [6.07, 6.45) is 5.33. The van der Waals surface area contributed by atoms with Crippen LogP contribution in [-0.2, 0) is 59.2 Å². The average Bonchev–Trinajstić information content (AvgIpc) is 4.04. The number of aliphatic hydroxyl groups excluding tert-OH is 1. The summed E-state index contributed by atoms with van der Waals surface area (Å²) in [6, 6.07) is 22.4. The molecule has 0 saturated carbocycles. The second-order valence-electron chi connectivity index (χ2n) is 19.5. The Kier molecular flexibility index (Phi) is 20.2. The third-order valence-corrected chi connectivity index (χ3v) is 13.7. The van der Waals surface area contributed by atoms with E-state index in [1.807, 2.05) is 78.9 Å². The number of nitrogens with one attached hydrogen (secondary N) is 9. The Morgan fingerprint density at radius 3 is 1.58 bits per heavy atom. The van der Waals surface area contributed by atoms with Crippen LogP contribution in [0.4, 0.5) is 0 Å². The molecule has 6 aromatic rings. The van der Waals surface area contributed by atoms with Crippen LogP contribution in [0.2, 0.25) is 0 Å². The summed E-state index contributed by atoms with van der Waals surface area (Å²) >= 11 is 0. The lowest BCUT2D eigenvalue weighted by atomic mass is 10.00. The molecule has 13 N–H and O–H groups in total. The predicted molar refractivity (Wildman–Crippen MR) is 288 cm³/mol. The van der Waals surface area contributed by atoms with Crippen LogP contribution < -0.4 is 43.0 Å². The van der Waals surface area contributed by atoms with Gasteiger partial charge in [0.2, 0.25) is 41.4 Å². The number of rotatable bonds is 13. The Balaban J connectivity index is 1.24. The van der Waals surface area contributed by atoms with E-state index in [4.69, 9.17) is 5.73 Å². The van der Waals surface area contributed by atoms with Gasteiger partial charge in [0.15, 0.2) is 0 Å². The van der Waals surface area contributed by atoms with E-state index in [9.17, 15) is 39.0 Å². The number of fused-ring (bicyclic) bond motifs is 2. The van der Waals surface area contributed by atoms with Crippen molar-refractivity contribution < 1.29 is 43.8 Å². The second-order valence-corrected chi connectivity index (χ2v) is 19.5. The first-order valence-corrected chi connectivity index (χ1v) is 26.1.